The zero-order valence-corrected chi connectivity index (χ0v) is 9.89. The molecule has 2 rings (SSSR count). The van der Waals surface area contributed by atoms with E-state index in [1.807, 2.05) is 6.92 Å². The van der Waals surface area contributed by atoms with Gasteiger partial charge in [-0.3, -0.25) is 0 Å². The summed E-state index contributed by atoms with van der Waals surface area (Å²) in [6.07, 6.45) is -1.03. The van der Waals surface area contributed by atoms with Gasteiger partial charge in [0.05, 0.1) is 5.69 Å². The van der Waals surface area contributed by atoms with Gasteiger partial charge in [0.25, 0.3) is 0 Å². The molecule has 0 aliphatic carbocycles. The zero-order chi connectivity index (χ0) is 13.3. The molecule has 0 spiro atoms. The molecular formula is C14H14FNO2. The quantitative estimate of drug-likeness (QED) is 0.564. The van der Waals surface area contributed by atoms with Crippen LogP contribution in [-0.2, 0) is 0 Å². The third-order valence-electron chi connectivity index (χ3n) is 2.79. The second-order valence-electron chi connectivity index (χ2n) is 4.25. The van der Waals surface area contributed by atoms with Crippen molar-refractivity contribution in [1.29, 1.82) is 0 Å². The molecule has 0 aromatic heterocycles. The number of phenols is 1. The zero-order valence-electron chi connectivity index (χ0n) is 9.89. The van der Waals surface area contributed by atoms with Crippen LogP contribution < -0.4 is 5.73 Å². The van der Waals surface area contributed by atoms with Gasteiger partial charge in [0.1, 0.15) is 17.7 Å². The van der Waals surface area contributed by atoms with Crippen LogP contribution >= 0.6 is 0 Å². The maximum atomic E-state index is 12.8. The maximum absolute atomic E-state index is 12.8. The molecule has 4 heteroatoms. The van der Waals surface area contributed by atoms with Gasteiger partial charge in [0.2, 0.25) is 0 Å². The van der Waals surface area contributed by atoms with Gasteiger partial charge in [-0.15, -0.1) is 0 Å². The first-order chi connectivity index (χ1) is 8.49. The van der Waals surface area contributed by atoms with Crippen molar-refractivity contribution in [2.45, 2.75) is 13.0 Å². The average molecular weight is 247 g/mol. The lowest BCUT2D eigenvalue weighted by molar-refractivity contribution is 0.215. The van der Waals surface area contributed by atoms with E-state index in [1.54, 1.807) is 12.1 Å². The Kier molecular flexibility index (Phi) is 3.21. The minimum Gasteiger partial charge on any atom is -0.505 e. The number of hydrogen-bond acceptors (Lipinski definition) is 3. The number of nitrogen functional groups attached to an aromatic ring is 1. The van der Waals surface area contributed by atoms with E-state index in [0.29, 0.717) is 11.1 Å². The smallest absolute Gasteiger partial charge is 0.144 e. The van der Waals surface area contributed by atoms with Crippen molar-refractivity contribution in [2.75, 3.05) is 5.73 Å². The molecule has 4 N–H and O–H groups in total. The standard InChI is InChI=1S/C14H14FNO2/c1-8-6-11(14(18)12(16)7-8)13(17)9-2-4-10(15)5-3-9/h2-7,13,17-18H,16H2,1H3. The number of nitrogens with two attached hydrogens (primary N) is 1. The van der Waals surface area contributed by atoms with Crippen molar-refractivity contribution in [3.05, 3.63) is 58.9 Å². The number of phenolic OH excluding ortho intramolecular Hbond substituents is 1. The van der Waals surface area contributed by atoms with Gasteiger partial charge in [0, 0.05) is 5.56 Å². The lowest BCUT2D eigenvalue weighted by atomic mass is 9.98. The number of aryl methyl sites for hydroxylation is 1. The lowest BCUT2D eigenvalue weighted by Crippen LogP contribution is -2.02. The summed E-state index contributed by atoms with van der Waals surface area (Å²) in [7, 11) is 0. The molecule has 0 saturated heterocycles. The molecule has 0 aliphatic heterocycles. The first-order valence-corrected chi connectivity index (χ1v) is 5.51. The largest absolute Gasteiger partial charge is 0.505 e. The Hall–Kier alpha value is -2.07. The topological polar surface area (TPSA) is 66.5 Å². The van der Waals surface area contributed by atoms with Crippen LogP contribution in [0, 0.1) is 12.7 Å². The Morgan fingerprint density at radius 3 is 2.39 bits per heavy atom. The predicted octanol–water partition coefficient (Wildman–Crippen LogP) is 2.50. The fourth-order valence-electron chi connectivity index (χ4n) is 1.87. The molecule has 1 atom stereocenters. The highest BCUT2D eigenvalue weighted by atomic mass is 19.1. The van der Waals surface area contributed by atoms with E-state index in [9.17, 15) is 14.6 Å². The number of anilines is 1. The summed E-state index contributed by atoms with van der Waals surface area (Å²) in [4.78, 5) is 0. The van der Waals surface area contributed by atoms with Gasteiger partial charge >= 0.3 is 0 Å². The second-order valence-corrected chi connectivity index (χ2v) is 4.25. The Labute approximate surface area is 104 Å². The van der Waals surface area contributed by atoms with Gasteiger partial charge in [-0.05, 0) is 42.3 Å². The molecule has 0 bridgehead atoms. The number of hydrogen-bond donors (Lipinski definition) is 3. The summed E-state index contributed by atoms with van der Waals surface area (Å²) < 4.78 is 12.8. The van der Waals surface area contributed by atoms with Gasteiger partial charge in [-0.25, -0.2) is 4.39 Å². The van der Waals surface area contributed by atoms with Gasteiger partial charge < -0.3 is 15.9 Å². The number of aliphatic hydroxyl groups is 1. The van der Waals surface area contributed by atoms with Crippen LogP contribution in [0.5, 0.6) is 5.75 Å². The Balaban J connectivity index is 2.45. The monoisotopic (exact) mass is 247 g/mol. The Morgan fingerprint density at radius 1 is 1.17 bits per heavy atom. The Morgan fingerprint density at radius 2 is 1.78 bits per heavy atom. The molecule has 0 radical (unpaired) electrons. The summed E-state index contributed by atoms with van der Waals surface area (Å²) in [5.41, 5.74) is 7.50. The molecule has 2 aromatic rings. The van der Waals surface area contributed by atoms with Crippen molar-refractivity contribution >= 4 is 5.69 Å². The van der Waals surface area contributed by atoms with E-state index in [4.69, 9.17) is 5.73 Å². The first-order valence-electron chi connectivity index (χ1n) is 5.51. The van der Waals surface area contributed by atoms with Gasteiger partial charge in [-0.1, -0.05) is 12.1 Å². The molecular weight excluding hydrogens is 233 g/mol. The Bertz CT molecular complexity index is 567. The molecule has 3 nitrogen and oxygen atoms in total. The van der Waals surface area contributed by atoms with Crippen molar-refractivity contribution < 1.29 is 14.6 Å². The summed E-state index contributed by atoms with van der Waals surface area (Å²) in [6, 6.07) is 8.73. The summed E-state index contributed by atoms with van der Waals surface area (Å²) in [5.74, 6) is -0.517. The molecule has 0 aliphatic rings. The third-order valence-corrected chi connectivity index (χ3v) is 2.79. The van der Waals surface area contributed by atoms with Crippen LogP contribution in [0.2, 0.25) is 0 Å². The normalized spacial score (nSPS) is 12.4. The van der Waals surface area contributed by atoms with Crippen LogP contribution in [-0.4, -0.2) is 10.2 Å². The number of aromatic hydroxyl groups is 1. The minimum atomic E-state index is -1.03. The molecule has 0 fully saturated rings. The molecule has 18 heavy (non-hydrogen) atoms. The minimum absolute atomic E-state index is 0.141. The highest BCUT2D eigenvalue weighted by Gasteiger charge is 2.16. The highest BCUT2D eigenvalue weighted by Crippen LogP contribution is 2.34. The predicted molar refractivity (Wildman–Crippen MR) is 67.7 cm³/mol. The van der Waals surface area contributed by atoms with Crippen LogP contribution in [0.3, 0.4) is 0 Å². The van der Waals surface area contributed by atoms with E-state index < -0.39 is 6.10 Å². The first kappa shape index (κ1) is 12.4. The van der Waals surface area contributed by atoms with Crippen molar-refractivity contribution in [2.24, 2.45) is 0 Å². The molecule has 94 valence electrons. The summed E-state index contributed by atoms with van der Waals surface area (Å²) in [6.45, 7) is 1.82. The molecule has 0 saturated carbocycles. The third kappa shape index (κ3) is 2.28. The van der Waals surface area contributed by atoms with Gasteiger partial charge in [0.15, 0.2) is 0 Å². The second kappa shape index (κ2) is 4.66. The van der Waals surface area contributed by atoms with E-state index in [2.05, 4.69) is 0 Å². The number of halogens is 1. The lowest BCUT2D eigenvalue weighted by Gasteiger charge is -2.15. The maximum Gasteiger partial charge on any atom is 0.144 e. The van der Waals surface area contributed by atoms with Crippen LogP contribution in [0.1, 0.15) is 22.8 Å². The molecule has 2 aromatic carbocycles. The number of benzene rings is 2. The van der Waals surface area contributed by atoms with Crippen LogP contribution in [0.4, 0.5) is 10.1 Å². The van der Waals surface area contributed by atoms with Crippen LogP contribution in [0.15, 0.2) is 36.4 Å². The van der Waals surface area contributed by atoms with E-state index in [0.717, 1.165) is 5.56 Å². The number of aliphatic hydroxyl groups excluding tert-OH is 1. The summed E-state index contributed by atoms with van der Waals surface area (Å²) in [5, 5.41) is 20.0. The average Bonchev–Trinajstić information content (AvgIpc) is 2.34. The van der Waals surface area contributed by atoms with Crippen molar-refractivity contribution in [1.82, 2.24) is 0 Å². The van der Waals surface area contributed by atoms with Crippen molar-refractivity contribution in [3.63, 3.8) is 0 Å². The fraction of sp³-hybridized carbons (Fsp3) is 0.143. The molecule has 1 unspecified atom stereocenters. The molecule has 0 amide bonds. The number of rotatable bonds is 2. The van der Waals surface area contributed by atoms with Gasteiger partial charge in [-0.2, -0.15) is 0 Å². The SMILES string of the molecule is Cc1cc(N)c(O)c(C(O)c2ccc(F)cc2)c1. The molecule has 0 heterocycles. The fourth-order valence-corrected chi connectivity index (χ4v) is 1.87. The van der Waals surface area contributed by atoms with E-state index >= 15 is 0 Å². The van der Waals surface area contributed by atoms with Crippen molar-refractivity contribution in [3.8, 4) is 5.75 Å². The summed E-state index contributed by atoms with van der Waals surface area (Å²) >= 11 is 0. The van der Waals surface area contributed by atoms with E-state index in [-0.39, 0.29) is 17.3 Å². The van der Waals surface area contributed by atoms with Crippen LogP contribution in [0.25, 0.3) is 0 Å². The van der Waals surface area contributed by atoms with E-state index in [1.165, 1.54) is 24.3 Å². The highest BCUT2D eigenvalue weighted by molar-refractivity contribution is 5.59.